The number of hydrogen-bond acceptors (Lipinski definition) is 4. The summed E-state index contributed by atoms with van der Waals surface area (Å²) in [5.74, 6) is -0.252. The van der Waals surface area contributed by atoms with Crippen LogP contribution < -0.4 is 10.3 Å². The van der Waals surface area contributed by atoms with Crippen molar-refractivity contribution in [1.29, 1.82) is 0 Å². The van der Waals surface area contributed by atoms with Gasteiger partial charge in [-0.05, 0) is 36.4 Å². The van der Waals surface area contributed by atoms with E-state index in [9.17, 15) is 4.79 Å². The lowest BCUT2D eigenvalue weighted by Crippen LogP contribution is -2.20. The minimum absolute atomic E-state index is 0.252. The Kier molecular flexibility index (Phi) is 5.39. The number of benzene rings is 2. The molecule has 1 heterocycles. The van der Waals surface area contributed by atoms with Gasteiger partial charge in [0.15, 0.2) is 0 Å². The summed E-state index contributed by atoms with van der Waals surface area (Å²) < 4.78 is 0. The maximum absolute atomic E-state index is 12.4. The Morgan fingerprint density at radius 1 is 0.846 bits per heavy atom. The molecule has 0 aliphatic carbocycles. The van der Waals surface area contributed by atoms with E-state index in [0.717, 1.165) is 16.8 Å². The fourth-order valence-electron chi connectivity index (χ4n) is 2.48. The van der Waals surface area contributed by atoms with Crippen molar-refractivity contribution in [2.24, 2.45) is 5.10 Å². The largest absolute Gasteiger partial charge is 0.378 e. The Hall–Kier alpha value is -3.47. The smallest absolute Gasteiger partial charge is 0.271 e. The number of aromatic nitrogens is 1. The van der Waals surface area contributed by atoms with E-state index in [4.69, 9.17) is 0 Å². The third kappa shape index (κ3) is 4.13. The molecular formula is C21H20N4O. The van der Waals surface area contributed by atoms with Gasteiger partial charge in [0.2, 0.25) is 0 Å². The van der Waals surface area contributed by atoms with E-state index >= 15 is 0 Å². The van der Waals surface area contributed by atoms with Gasteiger partial charge in [0.1, 0.15) is 0 Å². The highest BCUT2D eigenvalue weighted by Gasteiger charge is 2.09. The summed E-state index contributed by atoms with van der Waals surface area (Å²) in [7, 11) is 3.92. The van der Waals surface area contributed by atoms with E-state index in [1.807, 2.05) is 73.6 Å². The van der Waals surface area contributed by atoms with E-state index in [2.05, 4.69) is 15.5 Å². The first-order valence-electron chi connectivity index (χ1n) is 8.26. The molecule has 2 aromatic carbocycles. The predicted molar refractivity (Wildman–Crippen MR) is 105 cm³/mol. The first-order valence-corrected chi connectivity index (χ1v) is 8.26. The monoisotopic (exact) mass is 344 g/mol. The molecule has 0 bridgehead atoms. The number of pyridine rings is 1. The van der Waals surface area contributed by atoms with Crippen LogP contribution in [0.5, 0.6) is 0 Å². The quantitative estimate of drug-likeness (QED) is 0.570. The molecule has 5 nitrogen and oxygen atoms in total. The summed E-state index contributed by atoms with van der Waals surface area (Å²) in [6.07, 6.45) is 3.41. The Morgan fingerprint density at radius 2 is 1.46 bits per heavy atom. The van der Waals surface area contributed by atoms with Crippen LogP contribution in [0.15, 0.2) is 84.2 Å². The van der Waals surface area contributed by atoms with Gasteiger partial charge >= 0.3 is 0 Å². The molecule has 0 atom stereocenters. The van der Waals surface area contributed by atoms with Gasteiger partial charge in [-0.25, -0.2) is 5.43 Å². The lowest BCUT2D eigenvalue weighted by atomic mass is 10.0. The average Bonchev–Trinajstić information content (AvgIpc) is 2.69. The third-order valence-electron chi connectivity index (χ3n) is 3.92. The van der Waals surface area contributed by atoms with Crippen LogP contribution in [0, 0.1) is 0 Å². The molecule has 0 fully saturated rings. The number of carbonyl (C=O) groups is 1. The predicted octanol–water partition coefficient (Wildman–Crippen LogP) is 3.33. The van der Waals surface area contributed by atoms with Gasteiger partial charge < -0.3 is 4.90 Å². The standard InChI is InChI=1S/C21H20N4O/c1-25(2)19-10-8-18(9-11-19)21(26)24-23-20(16-6-4-3-5-7-16)17-12-14-22-15-13-17/h3-15H,1-2H3,(H,24,26). The molecule has 0 spiro atoms. The number of carbonyl (C=O) groups excluding carboxylic acids is 1. The molecule has 1 amide bonds. The lowest BCUT2D eigenvalue weighted by molar-refractivity contribution is 0.0955. The summed E-state index contributed by atoms with van der Waals surface area (Å²) in [4.78, 5) is 18.5. The fourth-order valence-corrected chi connectivity index (χ4v) is 2.48. The molecule has 0 saturated carbocycles. The number of rotatable bonds is 5. The van der Waals surface area contributed by atoms with Gasteiger partial charge in [-0.3, -0.25) is 9.78 Å². The van der Waals surface area contributed by atoms with Gasteiger partial charge in [-0.15, -0.1) is 0 Å². The highest BCUT2D eigenvalue weighted by Crippen LogP contribution is 2.13. The molecule has 0 saturated heterocycles. The van der Waals surface area contributed by atoms with Crippen LogP contribution >= 0.6 is 0 Å². The second-order valence-electron chi connectivity index (χ2n) is 5.94. The number of anilines is 1. The Balaban J connectivity index is 1.85. The molecule has 0 aliphatic rings. The van der Waals surface area contributed by atoms with Crippen molar-refractivity contribution in [3.63, 3.8) is 0 Å². The molecule has 1 N–H and O–H groups in total. The van der Waals surface area contributed by atoms with Crippen LogP contribution in [0.2, 0.25) is 0 Å². The minimum atomic E-state index is -0.252. The normalized spacial score (nSPS) is 11.1. The molecule has 1 aromatic heterocycles. The van der Waals surface area contributed by atoms with Gasteiger partial charge in [0.25, 0.3) is 5.91 Å². The van der Waals surface area contributed by atoms with Crippen molar-refractivity contribution in [3.05, 3.63) is 95.8 Å². The highest BCUT2D eigenvalue weighted by molar-refractivity contribution is 6.13. The van der Waals surface area contributed by atoms with Crippen LogP contribution in [0.3, 0.4) is 0 Å². The Morgan fingerprint density at radius 3 is 2.08 bits per heavy atom. The van der Waals surface area contributed by atoms with Crippen molar-refractivity contribution >= 4 is 17.3 Å². The molecule has 0 unspecified atom stereocenters. The molecule has 26 heavy (non-hydrogen) atoms. The van der Waals surface area contributed by atoms with Crippen molar-refractivity contribution in [1.82, 2.24) is 10.4 Å². The van der Waals surface area contributed by atoms with E-state index in [1.165, 1.54) is 0 Å². The van der Waals surface area contributed by atoms with Gasteiger partial charge in [0.05, 0.1) is 5.71 Å². The Labute approximate surface area is 153 Å². The van der Waals surface area contributed by atoms with Gasteiger partial charge in [-0.2, -0.15) is 5.10 Å². The second-order valence-corrected chi connectivity index (χ2v) is 5.94. The maximum atomic E-state index is 12.4. The SMILES string of the molecule is CN(C)c1ccc(C(=O)NN=C(c2ccccc2)c2ccncc2)cc1. The third-order valence-corrected chi connectivity index (χ3v) is 3.92. The summed E-state index contributed by atoms with van der Waals surface area (Å²) in [6, 6.07) is 20.8. The van der Waals surface area contributed by atoms with E-state index < -0.39 is 0 Å². The van der Waals surface area contributed by atoms with Crippen LogP contribution in [-0.4, -0.2) is 30.7 Å². The summed E-state index contributed by atoms with van der Waals surface area (Å²) in [5.41, 5.74) is 6.74. The molecular weight excluding hydrogens is 324 g/mol. The lowest BCUT2D eigenvalue weighted by Gasteiger charge is -2.12. The van der Waals surface area contributed by atoms with Crippen LogP contribution in [-0.2, 0) is 0 Å². The number of nitrogens with one attached hydrogen (secondary N) is 1. The Bertz CT molecular complexity index is 847. The van der Waals surface area contributed by atoms with Crippen LogP contribution in [0.25, 0.3) is 0 Å². The number of hydrogen-bond donors (Lipinski definition) is 1. The summed E-state index contributed by atoms with van der Waals surface area (Å²) in [6.45, 7) is 0. The molecule has 0 aliphatic heterocycles. The van der Waals surface area contributed by atoms with Crippen molar-refractivity contribution < 1.29 is 4.79 Å². The average molecular weight is 344 g/mol. The fraction of sp³-hybridized carbons (Fsp3) is 0.0952. The van der Waals surface area contributed by atoms with E-state index in [0.29, 0.717) is 11.3 Å². The zero-order valence-electron chi connectivity index (χ0n) is 14.8. The highest BCUT2D eigenvalue weighted by atomic mass is 16.2. The molecule has 3 rings (SSSR count). The van der Waals surface area contributed by atoms with Gasteiger partial charge in [0, 0.05) is 48.9 Å². The molecule has 5 heteroatoms. The molecule has 0 radical (unpaired) electrons. The number of hydrazone groups is 1. The summed E-state index contributed by atoms with van der Waals surface area (Å²) >= 11 is 0. The zero-order chi connectivity index (χ0) is 18.4. The molecule has 3 aromatic rings. The number of nitrogens with zero attached hydrogens (tertiary/aromatic N) is 3. The van der Waals surface area contributed by atoms with Crippen molar-refractivity contribution in [2.45, 2.75) is 0 Å². The van der Waals surface area contributed by atoms with E-state index in [1.54, 1.807) is 24.5 Å². The minimum Gasteiger partial charge on any atom is -0.378 e. The van der Waals surface area contributed by atoms with Crippen molar-refractivity contribution in [3.8, 4) is 0 Å². The zero-order valence-corrected chi connectivity index (χ0v) is 14.8. The van der Waals surface area contributed by atoms with E-state index in [-0.39, 0.29) is 5.91 Å². The topological polar surface area (TPSA) is 57.6 Å². The molecule has 130 valence electrons. The maximum Gasteiger partial charge on any atom is 0.271 e. The first-order chi connectivity index (χ1) is 12.6. The first kappa shape index (κ1) is 17.4. The van der Waals surface area contributed by atoms with Gasteiger partial charge in [-0.1, -0.05) is 30.3 Å². The van der Waals surface area contributed by atoms with Crippen molar-refractivity contribution in [2.75, 3.05) is 19.0 Å². The van der Waals surface area contributed by atoms with Crippen LogP contribution in [0.1, 0.15) is 21.5 Å². The number of amides is 1. The summed E-state index contributed by atoms with van der Waals surface area (Å²) in [5, 5.41) is 4.38. The second kappa shape index (κ2) is 8.07. The van der Waals surface area contributed by atoms with Crippen LogP contribution in [0.4, 0.5) is 5.69 Å².